The molecule has 4 rings (SSSR count). The Bertz CT molecular complexity index is 1150. The normalized spacial score (nSPS) is 13.1. The van der Waals surface area contributed by atoms with Gasteiger partial charge in [-0.3, -0.25) is 0 Å². The molecule has 0 atom stereocenters. The summed E-state index contributed by atoms with van der Waals surface area (Å²) in [6, 6.07) is 6.31. The Labute approximate surface area is 175 Å². The minimum Gasteiger partial charge on any atom is -0.461 e. The van der Waals surface area contributed by atoms with Crippen molar-refractivity contribution < 1.29 is 27.8 Å². The van der Waals surface area contributed by atoms with Gasteiger partial charge in [-0.15, -0.1) is 0 Å². The van der Waals surface area contributed by atoms with Crippen LogP contribution >= 0.6 is 0 Å². The van der Waals surface area contributed by atoms with Crippen LogP contribution in [-0.2, 0) is 6.54 Å². The van der Waals surface area contributed by atoms with Crippen LogP contribution < -0.4 is 15.0 Å². The fraction of sp³-hybridized carbons (Fsp3) is 0.190. The van der Waals surface area contributed by atoms with Gasteiger partial charge in [0.05, 0.1) is 18.8 Å². The number of carbonyl (C=O) groups is 1. The Morgan fingerprint density at radius 2 is 1.90 bits per heavy atom. The van der Waals surface area contributed by atoms with Crippen molar-refractivity contribution in [1.29, 1.82) is 0 Å². The highest BCUT2D eigenvalue weighted by Gasteiger charge is 2.34. The van der Waals surface area contributed by atoms with Crippen LogP contribution in [0.25, 0.3) is 11.3 Å². The smallest absolute Gasteiger partial charge is 0.328 e. The number of hydrogen-bond acceptors (Lipinski definition) is 5. The van der Waals surface area contributed by atoms with Gasteiger partial charge in [0.1, 0.15) is 29.7 Å². The molecule has 0 spiro atoms. The van der Waals surface area contributed by atoms with Crippen LogP contribution in [0.2, 0.25) is 0 Å². The number of aliphatic hydroxyl groups is 1. The lowest BCUT2D eigenvalue weighted by Crippen LogP contribution is -2.43. The molecule has 0 aliphatic carbocycles. The van der Waals surface area contributed by atoms with E-state index in [1.54, 1.807) is 6.92 Å². The van der Waals surface area contributed by atoms with Gasteiger partial charge in [-0.1, -0.05) is 6.07 Å². The third-order valence-corrected chi connectivity index (χ3v) is 4.72. The number of nitrogens with one attached hydrogen (secondary N) is 1. The third-order valence-electron chi connectivity index (χ3n) is 4.72. The van der Waals surface area contributed by atoms with Gasteiger partial charge >= 0.3 is 12.0 Å². The lowest BCUT2D eigenvalue weighted by atomic mass is 10.00. The molecule has 2 N–H and O–H groups in total. The summed E-state index contributed by atoms with van der Waals surface area (Å²) in [7, 11) is 0. The Morgan fingerprint density at radius 3 is 2.58 bits per heavy atom. The number of urea groups is 1. The van der Waals surface area contributed by atoms with E-state index < -0.39 is 29.2 Å². The van der Waals surface area contributed by atoms with Crippen molar-refractivity contribution in [2.75, 3.05) is 18.1 Å². The number of nitrogens with zero attached hydrogens (tertiary/aromatic N) is 3. The number of carbonyl (C=O) groups excluding carboxylic acids is 1. The maximum atomic E-state index is 14.5. The van der Waals surface area contributed by atoms with Gasteiger partial charge < -0.3 is 15.2 Å². The van der Waals surface area contributed by atoms with Crippen molar-refractivity contribution in [3.63, 3.8) is 0 Å². The summed E-state index contributed by atoms with van der Waals surface area (Å²) in [5, 5.41) is 11.6. The van der Waals surface area contributed by atoms with Gasteiger partial charge in [-0.05, 0) is 42.8 Å². The molecule has 0 saturated carbocycles. The lowest BCUT2D eigenvalue weighted by molar-refractivity contribution is 0.191. The molecule has 0 bridgehead atoms. The first-order valence-corrected chi connectivity index (χ1v) is 9.33. The number of aromatic nitrogens is 2. The molecule has 10 heteroatoms. The maximum absolute atomic E-state index is 14.5. The highest BCUT2D eigenvalue weighted by molar-refractivity contribution is 6.02. The Balaban J connectivity index is 1.98. The van der Waals surface area contributed by atoms with E-state index in [1.165, 1.54) is 24.3 Å². The van der Waals surface area contributed by atoms with Crippen LogP contribution in [0.15, 0.2) is 36.4 Å². The summed E-state index contributed by atoms with van der Waals surface area (Å²) in [5.74, 6) is -2.43. The molecule has 1 aromatic heterocycles. The summed E-state index contributed by atoms with van der Waals surface area (Å²) in [6.07, 6.45) is 0. The summed E-state index contributed by atoms with van der Waals surface area (Å²) in [5.41, 5.74) is 1.15. The second-order valence-corrected chi connectivity index (χ2v) is 6.75. The number of amides is 2. The lowest BCUT2D eigenvalue weighted by Gasteiger charge is -2.30. The molecular weight excluding hydrogens is 413 g/mol. The first-order valence-electron chi connectivity index (χ1n) is 9.33. The zero-order valence-corrected chi connectivity index (χ0v) is 16.3. The van der Waals surface area contributed by atoms with E-state index in [1.807, 2.05) is 0 Å². The summed E-state index contributed by atoms with van der Waals surface area (Å²) in [6.45, 7) is 1.20. The molecule has 7 nitrogen and oxygen atoms in total. The number of hydrogen-bond donors (Lipinski definition) is 2. The predicted octanol–water partition coefficient (Wildman–Crippen LogP) is 3.60. The molecular formula is C21H17F3N4O3. The molecule has 0 unspecified atom stereocenters. The summed E-state index contributed by atoms with van der Waals surface area (Å²) >= 11 is 0. The number of benzene rings is 2. The molecule has 2 amide bonds. The Kier molecular flexibility index (Phi) is 5.47. The summed E-state index contributed by atoms with van der Waals surface area (Å²) in [4.78, 5) is 22.0. The van der Waals surface area contributed by atoms with Crippen molar-refractivity contribution in [1.82, 2.24) is 15.3 Å². The Hall–Kier alpha value is -3.66. The first kappa shape index (κ1) is 20.6. The molecule has 1 aliphatic heterocycles. The van der Waals surface area contributed by atoms with Crippen molar-refractivity contribution in [2.45, 2.75) is 13.5 Å². The zero-order valence-electron chi connectivity index (χ0n) is 16.3. The van der Waals surface area contributed by atoms with E-state index in [-0.39, 0.29) is 31.6 Å². The highest BCUT2D eigenvalue weighted by atomic mass is 19.1. The average Bonchev–Trinajstić information content (AvgIpc) is 2.73. The minimum atomic E-state index is -0.959. The van der Waals surface area contributed by atoms with Gasteiger partial charge in [0.2, 0.25) is 0 Å². The number of aliphatic hydroxyl groups excluding tert-OH is 1. The van der Waals surface area contributed by atoms with Gasteiger partial charge in [0.15, 0.2) is 5.82 Å². The van der Waals surface area contributed by atoms with Crippen molar-refractivity contribution in [3.05, 3.63) is 65.0 Å². The largest absolute Gasteiger partial charge is 0.461 e. The van der Waals surface area contributed by atoms with Crippen LogP contribution in [0.5, 0.6) is 6.01 Å². The number of para-hydroxylation sites is 1. The second kappa shape index (κ2) is 8.23. The number of ether oxygens (including phenoxy) is 1. The second-order valence-electron chi connectivity index (χ2n) is 6.75. The summed E-state index contributed by atoms with van der Waals surface area (Å²) < 4.78 is 48.0. The number of rotatable bonds is 5. The van der Waals surface area contributed by atoms with Crippen molar-refractivity contribution >= 4 is 17.5 Å². The minimum absolute atomic E-state index is 0.0207. The van der Waals surface area contributed by atoms with Crippen LogP contribution in [0.3, 0.4) is 0 Å². The molecule has 160 valence electrons. The average molecular weight is 430 g/mol. The van der Waals surface area contributed by atoms with E-state index in [0.29, 0.717) is 22.4 Å². The monoisotopic (exact) mass is 430 g/mol. The van der Waals surface area contributed by atoms with E-state index in [4.69, 9.17) is 9.84 Å². The van der Waals surface area contributed by atoms with Crippen LogP contribution in [0.4, 0.5) is 29.5 Å². The van der Waals surface area contributed by atoms with Crippen molar-refractivity contribution in [2.24, 2.45) is 0 Å². The van der Waals surface area contributed by atoms with Crippen molar-refractivity contribution in [3.8, 4) is 17.3 Å². The van der Waals surface area contributed by atoms with E-state index >= 15 is 0 Å². The van der Waals surface area contributed by atoms with Gasteiger partial charge in [0, 0.05) is 11.1 Å². The van der Waals surface area contributed by atoms with Crippen LogP contribution in [-0.4, -0.2) is 34.3 Å². The fourth-order valence-electron chi connectivity index (χ4n) is 3.37. The van der Waals surface area contributed by atoms with Gasteiger partial charge in [-0.2, -0.15) is 9.97 Å². The predicted molar refractivity (Wildman–Crippen MR) is 105 cm³/mol. The van der Waals surface area contributed by atoms with E-state index in [2.05, 4.69) is 15.3 Å². The SMILES string of the molecule is Cc1cc(F)ccc1-c1nc(OCCO)nc2c1CNC(=O)N2c1c(F)cccc1F. The molecule has 31 heavy (non-hydrogen) atoms. The number of anilines is 2. The number of fused-ring (bicyclic) bond motifs is 1. The van der Waals surface area contributed by atoms with Gasteiger partial charge in [0.25, 0.3) is 0 Å². The van der Waals surface area contributed by atoms with Gasteiger partial charge in [-0.25, -0.2) is 22.9 Å². The molecule has 0 saturated heterocycles. The molecule has 2 heterocycles. The number of aryl methyl sites for hydroxylation is 1. The fourth-order valence-corrected chi connectivity index (χ4v) is 3.37. The first-order chi connectivity index (χ1) is 14.9. The molecule has 0 fully saturated rings. The van der Waals surface area contributed by atoms with E-state index in [9.17, 15) is 18.0 Å². The molecule has 3 aromatic rings. The number of halogens is 3. The van der Waals surface area contributed by atoms with E-state index in [0.717, 1.165) is 17.0 Å². The topological polar surface area (TPSA) is 87.6 Å². The standard InChI is InChI=1S/C21H17F3N4O3/c1-11-9-12(22)5-6-13(11)17-14-10-25-21(30)28(18-15(23)3-2-4-16(18)24)19(14)27-20(26-17)31-8-7-29/h2-6,9,29H,7-8,10H2,1H3,(H,25,30). The molecule has 1 aliphatic rings. The highest BCUT2D eigenvalue weighted by Crippen LogP contribution is 2.39. The molecule has 0 radical (unpaired) electrons. The van der Waals surface area contributed by atoms with Crippen LogP contribution in [0, 0.1) is 24.4 Å². The Morgan fingerprint density at radius 1 is 1.16 bits per heavy atom. The maximum Gasteiger partial charge on any atom is 0.328 e. The molecule has 2 aromatic carbocycles. The van der Waals surface area contributed by atoms with Crippen LogP contribution in [0.1, 0.15) is 11.1 Å². The zero-order chi connectivity index (χ0) is 22.1. The third kappa shape index (κ3) is 3.77. The quantitative estimate of drug-likeness (QED) is 0.646.